The molecule has 2 aromatic carbocycles. The van der Waals surface area contributed by atoms with Gasteiger partial charge in [-0.05, 0) is 66.9 Å². The van der Waals surface area contributed by atoms with E-state index in [2.05, 4.69) is 21.4 Å². The van der Waals surface area contributed by atoms with E-state index in [0.29, 0.717) is 17.4 Å². The summed E-state index contributed by atoms with van der Waals surface area (Å²) >= 11 is 0. The largest absolute Gasteiger partial charge is 0.491 e. The zero-order chi connectivity index (χ0) is 22.3. The normalized spacial score (nSPS) is 16.8. The van der Waals surface area contributed by atoms with Gasteiger partial charge >= 0.3 is 0 Å². The van der Waals surface area contributed by atoms with E-state index < -0.39 is 9.84 Å². The van der Waals surface area contributed by atoms with Crippen LogP contribution in [0.2, 0.25) is 0 Å². The molecule has 0 bridgehead atoms. The standard InChI is InChI=1S/C25H27N3O3S/c1-3-32(29,30)19-6-4-5-18(12-19)20-7-8-22(31-15-17-9-10-26-14-17)24-23(20)21-11-16(2)13-27-25(21)28-24/h4-8,11-13,17,26H,3,9-10,14-15H2,1-2H3,(H,27,28)/t17-/m1/s1. The number of fused-ring (bicyclic) bond motifs is 3. The number of rotatable bonds is 6. The number of aryl methyl sites for hydroxylation is 1. The Bertz CT molecular complexity index is 1400. The quantitative estimate of drug-likeness (QED) is 0.454. The summed E-state index contributed by atoms with van der Waals surface area (Å²) in [6.45, 7) is 6.36. The van der Waals surface area contributed by atoms with Crippen LogP contribution in [0, 0.1) is 12.8 Å². The van der Waals surface area contributed by atoms with Gasteiger partial charge < -0.3 is 15.0 Å². The summed E-state index contributed by atoms with van der Waals surface area (Å²) in [6, 6.07) is 13.3. The Morgan fingerprint density at radius 1 is 1.19 bits per heavy atom. The lowest BCUT2D eigenvalue weighted by Gasteiger charge is -2.14. The molecule has 0 amide bonds. The Hall–Kier alpha value is -2.90. The molecular weight excluding hydrogens is 422 g/mol. The average Bonchev–Trinajstić information content (AvgIpc) is 3.45. The van der Waals surface area contributed by atoms with Crippen LogP contribution in [0.15, 0.2) is 53.6 Å². The fraction of sp³-hybridized carbons (Fsp3) is 0.320. The Kier molecular flexibility index (Phi) is 5.39. The number of nitrogens with zero attached hydrogens (tertiary/aromatic N) is 1. The minimum absolute atomic E-state index is 0.0743. The summed E-state index contributed by atoms with van der Waals surface area (Å²) < 4.78 is 31.2. The van der Waals surface area contributed by atoms with Gasteiger partial charge in [0, 0.05) is 29.4 Å². The predicted molar refractivity (Wildman–Crippen MR) is 128 cm³/mol. The molecule has 0 aliphatic carbocycles. The summed E-state index contributed by atoms with van der Waals surface area (Å²) in [4.78, 5) is 8.37. The van der Waals surface area contributed by atoms with Gasteiger partial charge in [0.25, 0.3) is 0 Å². The number of aromatic amines is 1. The van der Waals surface area contributed by atoms with Gasteiger partial charge in [0.15, 0.2) is 9.84 Å². The Balaban J connectivity index is 1.68. The van der Waals surface area contributed by atoms with Crippen molar-refractivity contribution in [3.63, 3.8) is 0 Å². The molecule has 0 unspecified atom stereocenters. The number of nitrogens with one attached hydrogen (secondary N) is 2. The van der Waals surface area contributed by atoms with Crippen LogP contribution in [0.3, 0.4) is 0 Å². The third-order valence-corrected chi connectivity index (χ3v) is 7.96. The van der Waals surface area contributed by atoms with Crippen molar-refractivity contribution in [1.29, 1.82) is 0 Å². The molecule has 2 aromatic heterocycles. The van der Waals surface area contributed by atoms with Gasteiger partial charge in [-0.1, -0.05) is 19.1 Å². The highest BCUT2D eigenvalue weighted by Crippen LogP contribution is 2.39. The molecular formula is C25H27N3O3S. The first kappa shape index (κ1) is 21.0. The van der Waals surface area contributed by atoms with Crippen LogP contribution in [0.5, 0.6) is 5.75 Å². The van der Waals surface area contributed by atoms with Gasteiger partial charge in [-0.2, -0.15) is 0 Å². The topological polar surface area (TPSA) is 84.1 Å². The number of aromatic nitrogens is 2. The second-order valence-corrected chi connectivity index (χ2v) is 10.8. The minimum Gasteiger partial charge on any atom is -0.491 e. The van der Waals surface area contributed by atoms with Crippen molar-refractivity contribution in [2.75, 3.05) is 25.4 Å². The summed E-state index contributed by atoms with van der Waals surface area (Å²) in [7, 11) is -3.29. The van der Waals surface area contributed by atoms with Crippen molar-refractivity contribution in [3.05, 3.63) is 54.2 Å². The number of ether oxygens (including phenoxy) is 1. The Morgan fingerprint density at radius 3 is 2.84 bits per heavy atom. The van der Waals surface area contributed by atoms with Crippen molar-refractivity contribution in [1.82, 2.24) is 15.3 Å². The van der Waals surface area contributed by atoms with E-state index in [-0.39, 0.29) is 5.75 Å². The van der Waals surface area contributed by atoms with Gasteiger partial charge in [0.2, 0.25) is 0 Å². The average molecular weight is 450 g/mol. The maximum atomic E-state index is 12.5. The van der Waals surface area contributed by atoms with Crippen LogP contribution in [0.25, 0.3) is 33.1 Å². The molecule has 1 atom stereocenters. The van der Waals surface area contributed by atoms with Crippen molar-refractivity contribution < 1.29 is 13.2 Å². The highest BCUT2D eigenvalue weighted by molar-refractivity contribution is 7.91. The number of pyridine rings is 1. The molecule has 0 spiro atoms. The third kappa shape index (κ3) is 3.76. The summed E-state index contributed by atoms with van der Waals surface area (Å²) in [5.41, 5.74) is 4.57. The van der Waals surface area contributed by atoms with Crippen molar-refractivity contribution in [2.24, 2.45) is 5.92 Å². The smallest absolute Gasteiger partial charge is 0.178 e. The van der Waals surface area contributed by atoms with E-state index in [9.17, 15) is 8.42 Å². The number of hydrogen-bond donors (Lipinski definition) is 2. The van der Waals surface area contributed by atoms with Gasteiger partial charge in [-0.3, -0.25) is 0 Å². The second kappa shape index (κ2) is 8.22. The predicted octanol–water partition coefficient (Wildman–Crippen LogP) is 4.47. The maximum Gasteiger partial charge on any atom is 0.178 e. The molecule has 166 valence electrons. The van der Waals surface area contributed by atoms with E-state index in [0.717, 1.165) is 63.9 Å². The summed E-state index contributed by atoms with van der Waals surface area (Å²) in [5.74, 6) is 1.37. The summed E-state index contributed by atoms with van der Waals surface area (Å²) in [6.07, 6.45) is 2.96. The number of benzene rings is 2. The number of hydrogen-bond acceptors (Lipinski definition) is 5. The maximum absolute atomic E-state index is 12.5. The number of sulfone groups is 1. The Morgan fingerprint density at radius 2 is 2.06 bits per heavy atom. The SMILES string of the molecule is CCS(=O)(=O)c1cccc(-c2ccc(OC[C@@H]3CCNC3)c3[nH]c4ncc(C)cc4c23)c1. The van der Waals surface area contributed by atoms with E-state index in [1.165, 1.54) is 0 Å². The molecule has 0 saturated carbocycles. The molecule has 5 rings (SSSR count). The van der Waals surface area contributed by atoms with Crippen molar-refractivity contribution in [3.8, 4) is 16.9 Å². The third-order valence-electron chi connectivity index (χ3n) is 6.23. The zero-order valence-corrected chi connectivity index (χ0v) is 19.1. The van der Waals surface area contributed by atoms with Crippen LogP contribution in [0.4, 0.5) is 0 Å². The zero-order valence-electron chi connectivity index (χ0n) is 18.3. The lowest BCUT2D eigenvalue weighted by Crippen LogP contribution is -2.15. The molecule has 1 saturated heterocycles. The van der Waals surface area contributed by atoms with Crippen LogP contribution in [-0.4, -0.2) is 43.8 Å². The first-order valence-corrected chi connectivity index (χ1v) is 12.7. The highest BCUT2D eigenvalue weighted by Gasteiger charge is 2.20. The molecule has 7 heteroatoms. The van der Waals surface area contributed by atoms with Crippen LogP contribution in [-0.2, 0) is 9.84 Å². The molecule has 1 fully saturated rings. The molecule has 0 radical (unpaired) electrons. The lowest BCUT2D eigenvalue weighted by molar-refractivity contribution is 0.262. The van der Waals surface area contributed by atoms with Crippen LogP contribution >= 0.6 is 0 Å². The number of H-pyrrole nitrogens is 1. The molecule has 2 N–H and O–H groups in total. The molecule has 32 heavy (non-hydrogen) atoms. The van der Waals surface area contributed by atoms with Crippen molar-refractivity contribution in [2.45, 2.75) is 25.2 Å². The second-order valence-electron chi connectivity index (χ2n) is 8.50. The van der Waals surface area contributed by atoms with Crippen LogP contribution < -0.4 is 10.1 Å². The molecule has 6 nitrogen and oxygen atoms in total. The van der Waals surface area contributed by atoms with Gasteiger partial charge in [-0.25, -0.2) is 13.4 Å². The van der Waals surface area contributed by atoms with E-state index in [1.807, 2.05) is 31.3 Å². The highest BCUT2D eigenvalue weighted by atomic mass is 32.2. The van der Waals surface area contributed by atoms with E-state index >= 15 is 0 Å². The minimum atomic E-state index is -3.29. The first-order valence-electron chi connectivity index (χ1n) is 11.0. The van der Waals surface area contributed by atoms with E-state index in [1.54, 1.807) is 25.1 Å². The van der Waals surface area contributed by atoms with E-state index in [4.69, 9.17) is 4.74 Å². The summed E-state index contributed by atoms with van der Waals surface area (Å²) in [5, 5.41) is 5.39. The molecule has 1 aliphatic heterocycles. The molecule has 4 aromatic rings. The first-order chi connectivity index (χ1) is 15.5. The monoisotopic (exact) mass is 449 g/mol. The van der Waals surface area contributed by atoms with Gasteiger partial charge in [0.1, 0.15) is 11.4 Å². The van der Waals surface area contributed by atoms with Gasteiger partial charge in [0.05, 0.1) is 22.8 Å². The van der Waals surface area contributed by atoms with Crippen molar-refractivity contribution >= 4 is 31.8 Å². The fourth-order valence-electron chi connectivity index (χ4n) is 4.41. The van der Waals surface area contributed by atoms with Crippen LogP contribution in [0.1, 0.15) is 18.9 Å². The fourth-order valence-corrected chi connectivity index (χ4v) is 5.34. The molecule has 1 aliphatic rings. The molecule has 3 heterocycles. The lowest BCUT2D eigenvalue weighted by atomic mass is 9.99. The van der Waals surface area contributed by atoms with Gasteiger partial charge in [-0.15, -0.1) is 0 Å². The Labute approximate surface area is 187 Å².